The molecule has 17 heavy (non-hydrogen) atoms. The van der Waals surface area contributed by atoms with Crippen LogP contribution in [0.4, 0.5) is 10.1 Å². The minimum atomic E-state index is -0.279. The molecule has 0 heterocycles. The Morgan fingerprint density at radius 3 is 2.35 bits per heavy atom. The second kappa shape index (κ2) is 6.25. The van der Waals surface area contributed by atoms with Crippen LogP contribution in [0.25, 0.3) is 0 Å². The number of halogens is 2. The molecule has 0 bridgehead atoms. The lowest BCUT2D eigenvalue weighted by Crippen LogP contribution is -2.20. The van der Waals surface area contributed by atoms with Gasteiger partial charge in [0.25, 0.3) is 0 Å². The van der Waals surface area contributed by atoms with E-state index in [-0.39, 0.29) is 5.82 Å². The molecule has 1 fully saturated rings. The van der Waals surface area contributed by atoms with Gasteiger partial charge in [-0.25, -0.2) is 4.39 Å². The highest BCUT2D eigenvalue weighted by Gasteiger charge is 2.12. The molecule has 94 valence electrons. The third-order valence-corrected chi connectivity index (χ3v) is 3.71. The van der Waals surface area contributed by atoms with E-state index in [9.17, 15) is 4.39 Å². The molecule has 0 spiro atoms. The summed E-state index contributed by atoms with van der Waals surface area (Å²) >= 11 is 6.02. The van der Waals surface area contributed by atoms with E-state index >= 15 is 0 Å². The maximum Gasteiger partial charge on any atom is 0.124 e. The van der Waals surface area contributed by atoms with E-state index in [4.69, 9.17) is 11.6 Å². The highest BCUT2D eigenvalue weighted by Crippen LogP contribution is 2.26. The van der Waals surface area contributed by atoms with Crippen LogP contribution in [0.5, 0.6) is 0 Å². The van der Waals surface area contributed by atoms with Crippen LogP contribution in [0, 0.1) is 5.82 Å². The van der Waals surface area contributed by atoms with Crippen LogP contribution in [0.1, 0.15) is 44.9 Å². The third kappa shape index (κ3) is 3.88. The van der Waals surface area contributed by atoms with Crippen molar-refractivity contribution in [3.63, 3.8) is 0 Å². The summed E-state index contributed by atoms with van der Waals surface area (Å²) in [7, 11) is 0. The van der Waals surface area contributed by atoms with Crippen molar-refractivity contribution in [1.82, 2.24) is 0 Å². The van der Waals surface area contributed by atoms with E-state index in [0.717, 1.165) is 5.69 Å². The van der Waals surface area contributed by atoms with Gasteiger partial charge in [0.2, 0.25) is 0 Å². The van der Waals surface area contributed by atoms with Gasteiger partial charge in [0.15, 0.2) is 0 Å². The van der Waals surface area contributed by atoms with E-state index in [1.807, 2.05) is 0 Å². The molecule has 1 N–H and O–H groups in total. The Morgan fingerprint density at radius 1 is 1.06 bits per heavy atom. The number of anilines is 1. The fourth-order valence-electron chi connectivity index (χ4n) is 2.43. The number of rotatable bonds is 2. The lowest BCUT2D eigenvalue weighted by molar-refractivity contribution is 0.471. The molecule has 0 atom stereocenters. The minimum absolute atomic E-state index is 0.279. The molecule has 0 aliphatic heterocycles. The van der Waals surface area contributed by atoms with E-state index in [1.54, 1.807) is 6.07 Å². The summed E-state index contributed by atoms with van der Waals surface area (Å²) < 4.78 is 12.9. The van der Waals surface area contributed by atoms with Crippen molar-refractivity contribution in [3.8, 4) is 0 Å². The zero-order valence-electron chi connectivity index (χ0n) is 10.0. The second-order valence-corrected chi connectivity index (χ2v) is 5.22. The average Bonchev–Trinajstić information content (AvgIpc) is 2.25. The Labute approximate surface area is 107 Å². The third-order valence-electron chi connectivity index (χ3n) is 3.40. The SMILES string of the molecule is Fc1ccc(NC2CCCCCCC2)c(Cl)c1. The van der Waals surface area contributed by atoms with Gasteiger partial charge in [-0.3, -0.25) is 0 Å². The summed E-state index contributed by atoms with van der Waals surface area (Å²) in [4.78, 5) is 0. The zero-order valence-corrected chi connectivity index (χ0v) is 10.8. The van der Waals surface area contributed by atoms with Gasteiger partial charge in [-0.2, -0.15) is 0 Å². The number of nitrogens with one attached hydrogen (secondary N) is 1. The molecule has 1 saturated carbocycles. The van der Waals surface area contributed by atoms with E-state index in [0.29, 0.717) is 11.1 Å². The Morgan fingerprint density at radius 2 is 1.71 bits per heavy atom. The Kier molecular flexibility index (Phi) is 4.66. The topological polar surface area (TPSA) is 12.0 Å². The van der Waals surface area contributed by atoms with Gasteiger partial charge < -0.3 is 5.32 Å². The quantitative estimate of drug-likeness (QED) is 0.784. The fraction of sp³-hybridized carbons (Fsp3) is 0.571. The molecule has 1 aliphatic rings. The predicted molar refractivity (Wildman–Crippen MR) is 71.1 cm³/mol. The monoisotopic (exact) mass is 255 g/mol. The fourth-order valence-corrected chi connectivity index (χ4v) is 2.65. The first-order valence-corrected chi connectivity index (χ1v) is 6.85. The largest absolute Gasteiger partial charge is 0.381 e. The van der Waals surface area contributed by atoms with Gasteiger partial charge in [-0.05, 0) is 31.0 Å². The van der Waals surface area contributed by atoms with Gasteiger partial charge in [-0.15, -0.1) is 0 Å². The van der Waals surface area contributed by atoms with Crippen LogP contribution >= 0.6 is 11.6 Å². The van der Waals surface area contributed by atoms with Crippen LogP contribution < -0.4 is 5.32 Å². The maximum atomic E-state index is 12.9. The molecule has 2 rings (SSSR count). The van der Waals surface area contributed by atoms with Crippen molar-refractivity contribution in [2.75, 3.05) is 5.32 Å². The summed E-state index contributed by atoms with van der Waals surface area (Å²) in [6.07, 6.45) is 8.95. The number of hydrogen-bond donors (Lipinski definition) is 1. The second-order valence-electron chi connectivity index (χ2n) is 4.81. The summed E-state index contributed by atoms with van der Waals surface area (Å²) in [5.41, 5.74) is 0.860. The Bertz CT molecular complexity index is 359. The molecule has 0 unspecified atom stereocenters. The first-order chi connectivity index (χ1) is 8.25. The molecule has 0 amide bonds. The average molecular weight is 256 g/mol. The minimum Gasteiger partial charge on any atom is -0.381 e. The molecular weight excluding hydrogens is 237 g/mol. The van der Waals surface area contributed by atoms with Crippen molar-refractivity contribution in [1.29, 1.82) is 0 Å². The van der Waals surface area contributed by atoms with Gasteiger partial charge in [-0.1, -0.05) is 43.7 Å². The lowest BCUT2D eigenvalue weighted by Gasteiger charge is -2.22. The first-order valence-electron chi connectivity index (χ1n) is 6.47. The normalized spacial score (nSPS) is 18.5. The number of benzene rings is 1. The summed E-state index contributed by atoms with van der Waals surface area (Å²) in [6.45, 7) is 0. The van der Waals surface area contributed by atoms with Crippen LogP contribution in [0.15, 0.2) is 18.2 Å². The Balaban J connectivity index is 1.98. The van der Waals surface area contributed by atoms with Gasteiger partial charge in [0, 0.05) is 6.04 Å². The molecule has 1 aliphatic carbocycles. The van der Waals surface area contributed by atoms with Crippen molar-refractivity contribution >= 4 is 17.3 Å². The molecule has 0 radical (unpaired) electrons. The molecule has 1 aromatic carbocycles. The van der Waals surface area contributed by atoms with Crippen LogP contribution in [0.3, 0.4) is 0 Å². The summed E-state index contributed by atoms with van der Waals surface area (Å²) in [5.74, 6) is -0.279. The summed E-state index contributed by atoms with van der Waals surface area (Å²) in [5, 5.41) is 3.92. The molecular formula is C14H19ClFN. The molecule has 1 aromatic rings. The Hall–Kier alpha value is -0.760. The standard InChI is InChI=1S/C14H19ClFN/c15-13-10-11(16)8-9-14(13)17-12-6-4-2-1-3-5-7-12/h8-10,12,17H,1-7H2. The van der Waals surface area contributed by atoms with E-state index < -0.39 is 0 Å². The number of hydrogen-bond acceptors (Lipinski definition) is 1. The summed E-state index contributed by atoms with van der Waals surface area (Å²) in [6, 6.07) is 5.04. The molecule has 0 aromatic heterocycles. The van der Waals surface area contributed by atoms with E-state index in [2.05, 4.69) is 5.32 Å². The van der Waals surface area contributed by atoms with Gasteiger partial charge >= 0.3 is 0 Å². The molecule has 3 heteroatoms. The predicted octanol–water partition coefficient (Wildman–Crippen LogP) is 5.00. The molecule has 1 nitrogen and oxygen atoms in total. The van der Waals surface area contributed by atoms with Crippen molar-refractivity contribution < 1.29 is 4.39 Å². The first kappa shape index (κ1) is 12.7. The van der Waals surface area contributed by atoms with Crippen molar-refractivity contribution in [2.45, 2.75) is 51.0 Å². The van der Waals surface area contributed by atoms with Gasteiger partial charge in [0.05, 0.1) is 10.7 Å². The van der Waals surface area contributed by atoms with E-state index in [1.165, 1.54) is 57.1 Å². The van der Waals surface area contributed by atoms with Crippen LogP contribution in [-0.2, 0) is 0 Å². The van der Waals surface area contributed by atoms with Crippen molar-refractivity contribution in [2.24, 2.45) is 0 Å². The molecule has 0 saturated heterocycles. The highest BCUT2D eigenvalue weighted by molar-refractivity contribution is 6.33. The zero-order chi connectivity index (χ0) is 12.1. The highest BCUT2D eigenvalue weighted by atomic mass is 35.5. The van der Waals surface area contributed by atoms with Crippen LogP contribution in [0.2, 0.25) is 5.02 Å². The van der Waals surface area contributed by atoms with Gasteiger partial charge in [0.1, 0.15) is 5.82 Å². The van der Waals surface area contributed by atoms with Crippen molar-refractivity contribution in [3.05, 3.63) is 29.0 Å². The van der Waals surface area contributed by atoms with Crippen LogP contribution in [-0.4, -0.2) is 6.04 Å². The lowest BCUT2D eigenvalue weighted by atomic mass is 9.96. The smallest absolute Gasteiger partial charge is 0.124 e. The maximum absolute atomic E-state index is 12.9.